The van der Waals surface area contributed by atoms with Gasteiger partial charge in [0.15, 0.2) is 5.82 Å². The summed E-state index contributed by atoms with van der Waals surface area (Å²) in [5, 5.41) is 12.7. The van der Waals surface area contributed by atoms with Crippen molar-refractivity contribution in [3.63, 3.8) is 0 Å². The average molecular weight is 314 g/mol. The lowest BCUT2D eigenvalue weighted by Gasteiger charge is -2.04. The summed E-state index contributed by atoms with van der Waals surface area (Å²) < 4.78 is 0. The topological polar surface area (TPSA) is 98.6 Å². The van der Waals surface area contributed by atoms with Gasteiger partial charge in [0.2, 0.25) is 0 Å². The highest BCUT2D eigenvalue weighted by atomic mass is 16.2. The van der Waals surface area contributed by atoms with Gasteiger partial charge in [0.1, 0.15) is 11.6 Å². The number of hydrogen-bond donors (Lipinski definition) is 2. The van der Waals surface area contributed by atoms with E-state index in [1.54, 1.807) is 48.5 Å². The van der Waals surface area contributed by atoms with E-state index in [1.807, 2.05) is 6.07 Å². The van der Waals surface area contributed by atoms with Crippen LogP contribution in [0.1, 0.15) is 11.4 Å². The van der Waals surface area contributed by atoms with Gasteiger partial charge in [-0.15, -0.1) is 0 Å². The summed E-state index contributed by atoms with van der Waals surface area (Å²) in [6.07, 6.45) is 0. The van der Waals surface area contributed by atoms with E-state index >= 15 is 0 Å². The second-order valence-electron chi connectivity index (χ2n) is 5.29. The van der Waals surface area contributed by atoms with Crippen molar-refractivity contribution < 1.29 is 4.79 Å². The number of benzene rings is 2. The Morgan fingerprint density at radius 2 is 1.79 bits per heavy atom. The molecule has 6 heteroatoms. The van der Waals surface area contributed by atoms with Crippen LogP contribution < -0.4 is 10.9 Å². The van der Waals surface area contributed by atoms with Gasteiger partial charge in [0.05, 0.1) is 16.5 Å². The molecule has 0 aliphatic carbocycles. The molecule has 2 N–H and O–H groups in total. The van der Waals surface area contributed by atoms with Crippen LogP contribution in [0.5, 0.6) is 0 Å². The number of H-pyrrole nitrogens is 1. The third kappa shape index (κ3) is 2.00. The number of fused-ring (bicyclic) bond motifs is 2. The zero-order valence-corrected chi connectivity index (χ0v) is 12.3. The Morgan fingerprint density at radius 1 is 1.04 bits per heavy atom. The molecule has 0 bridgehead atoms. The number of carbonyl (C=O) groups excluding carboxylic acids is 1. The van der Waals surface area contributed by atoms with Gasteiger partial charge in [-0.3, -0.25) is 9.59 Å². The summed E-state index contributed by atoms with van der Waals surface area (Å²) in [6, 6.07) is 15.9. The minimum Gasteiger partial charge on any atom is -0.321 e. The third-order valence-electron chi connectivity index (χ3n) is 3.88. The zero-order valence-electron chi connectivity index (χ0n) is 12.3. The maximum absolute atomic E-state index is 12.3. The molecule has 0 radical (unpaired) electrons. The summed E-state index contributed by atoms with van der Waals surface area (Å²) in [5.41, 5.74) is 1.63. The van der Waals surface area contributed by atoms with Crippen LogP contribution in [-0.4, -0.2) is 15.9 Å². The van der Waals surface area contributed by atoms with Gasteiger partial charge in [0.25, 0.3) is 11.5 Å². The largest absolute Gasteiger partial charge is 0.321 e. The molecule has 0 saturated heterocycles. The Bertz CT molecular complexity index is 1140. The molecule has 0 saturated carbocycles. The monoisotopic (exact) mass is 314 g/mol. The molecular weight excluding hydrogens is 304 g/mol. The predicted molar refractivity (Wildman–Crippen MR) is 89.9 cm³/mol. The Morgan fingerprint density at radius 3 is 2.62 bits per heavy atom. The van der Waals surface area contributed by atoms with Gasteiger partial charge < -0.3 is 10.3 Å². The molecule has 2 aromatic carbocycles. The van der Waals surface area contributed by atoms with Crippen LogP contribution in [-0.2, 0) is 4.79 Å². The average Bonchev–Trinajstić information content (AvgIpc) is 2.92. The smallest absolute Gasteiger partial charge is 0.259 e. The highest BCUT2D eigenvalue weighted by Crippen LogP contribution is 2.35. The molecule has 1 aliphatic heterocycles. The van der Waals surface area contributed by atoms with Gasteiger partial charge in [-0.1, -0.05) is 30.3 Å². The van der Waals surface area contributed by atoms with E-state index < -0.39 is 0 Å². The number of amides is 1. The first kappa shape index (κ1) is 13.9. The number of allylic oxidation sites excluding steroid dienone is 1. The van der Waals surface area contributed by atoms with Crippen LogP contribution in [0.2, 0.25) is 0 Å². The van der Waals surface area contributed by atoms with E-state index in [-0.39, 0.29) is 28.4 Å². The fraction of sp³-hybridized carbons (Fsp3) is 0. The van der Waals surface area contributed by atoms with Gasteiger partial charge in [-0.25, -0.2) is 4.98 Å². The first-order valence-electron chi connectivity index (χ1n) is 7.23. The van der Waals surface area contributed by atoms with Crippen molar-refractivity contribution in [2.24, 2.45) is 0 Å². The number of carbonyl (C=O) groups is 1. The molecule has 1 aromatic heterocycles. The molecule has 4 rings (SSSR count). The van der Waals surface area contributed by atoms with Gasteiger partial charge >= 0.3 is 0 Å². The van der Waals surface area contributed by atoms with Crippen molar-refractivity contribution >= 4 is 33.6 Å². The molecule has 3 aromatic rings. The van der Waals surface area contributed by atoms with Gasteiger partial charge in [-0.2, -0.15) is 5.26 Å². The minimum absolute atomic E-state index is 0.0419. The Labute approximate surface area is 136 Å². The van der Waals surface area contributed by atoms with E-state index in [4.69, 9.17) is 0 Å². The first-order chi connectivity index (χ1) is 11.7. The van der Waals surface area contributed by atoms with Gasteiger partial charge in [0, 0.05) is 11.3 Å². The first-order valence-corrected chi connectivity index (χ1v) is 7.23. The van der Waals surface area contributed by atoms with Gasteiger partial charge in [-0.05, 0) is 18.2 Å². The Hall–Kier alpha value is -3.72. The molecule has 1 amide bonds. The Balaban J connectivity index is 2.03. The standard InChI is InChI=1S/C18H10N4O2/c19-9-12(15-10-5-1-3-7-13(10)21-18(15)24)16-20-14-8-4-2-6-11(14)17(23)22-16/h1-8H,(H,21,24)(H,20,22,23)/b15-12-. The molecule has 24 heavy (non-hydrogen) atoms. The predicted octanol–water partition coefficient (Wildman–Crippen LogP) is 2.31. The van der Waals surface area contributed by atoms with E-state index in [9.17, 15) is 14.9 Å². The number of nitrogens with zero attached hydrogens (tertiary/aromatic N) is 2. The quantitative estimate of drug-likeness (QED) is 0.532. The molecular formula is C18H10N4O2. The molecule has 0 spiro atoms. The number of para-hydroxylation sites is 2. The minimum atomic E-state index is -0.386. The van der Waals surface area contributed by atoms with Crippen molar-refractivity contribution in [3.05, 3.63) is 70.3 Å². The van der Waals surface area contributed by atoms with Crippen LogP contribution in [0, 0.1) is 11.3 Å². The van der Waals surface area contributed by atoms with E-state index in [1.165, 1.54) is 0 Å². The van der Waals surface area contributed by atoms with Crippen LogP contribution in [0.4, 0.5) is 5.69 Å². The number of nitrogens with one attached hydrogen (secondary N) is 2. The molecule has 0 fully saturated rings. The summed E-state index contributed by atoms with van der Waals surface area (Å²) in [6.45, 7) is 0. The van der Waals surface area contributed by atoms with Crippen LogP contribution in [0.25, 0.3) is 22.0 Å². The zero-order chi connectivity index (χ0) is 16.7. The third-order valence-corrected chi connectivity index (χ3v) is 3.88. The fourth-order valence-corrected chi connectivity index (χ4v) is 2.80. The summed E-state index contributed by atoms with van der Waals surface area (Å²) in [5.74, 6) is -0.299. The number of aromatic nitrogens is 2. The number of nitriles is 1. The molecule has 0 unspecified atom stereocenters. The fourth-order valence-electron chi connectivity index (χ4n) is 2.80. The second kappa shape index (κ2) is 5.18. The molecule has 1 aliphatic rings. The molecule has 2 heterocycles. The lowest BCUT2D eigenvalue weighted by molar-refractivity contribution is -0.110. The second-order valence-corrected chi connectivity index (χ2v) is 5.29. The highest BCUT2D eigenvalue weighted by molar-refractivity contribution is 6.37. The van der Waals surface area contributed by atoms with E-state index in [0.717, 1.165) is 0 Å². The number of rotatable bonds is 1. The summed E-state index contributed by atoms with van der Waals surface area (Å²) in [7, 11) is 0. The number of hydrogen-bond acceptors (Lipinski definition) is 4. The molecule has 0 atom stereocenters. The van der Waals surface area contributed by atoms with Crippen LogP contribution in [0.3, 0.4) is 0 Å². The van der Waals surface area contributed by atoms with Crippen molar-refractivity contribution in [2.45, 2.75) is 0 Å². The summed E-state index contributed by atoms with van der Waals surface area (Å²) >= 11 is 0. The number of aromatic amines is 1. The maximum Gasteiger partial charge on any atom is 0.259 e. The normalized spacial score (nSPS) is 14.9. The lowest BCUT2D eigenvalue weighted by Crippen LogP contribution is -2.13. The molecule has 6 nitrogen and oxygen atoms in total. The highest BCUT2D eigenvalue weighted by Gasteiger charge is 2.28. The SMILES string of the molecule is N#C/C(=C1/C(=O)Nc2ccccc21)c1nc2ccccc2c(=O)[nH]1. The van der Waals surface area contributed by atoms with Crippen molar-refractivity contribution in [1.82, 2.24) is 9.97 Å². The van der Waals surface area contributed by atoms with E-state index in [2.05, 4.69) is 15.3 Å². The van der Waals surface area contributed by atoms with Crippen molar-refractivity contribution in [2.75, 3.05) is 5.32 Å². The Kier molecular flexibility index (Phi) is 3.00. The summed E-state index contributed by atoms with van der Waals surface area (Å²) in [4.78, 5) is 31.5. The molecule has 114 valence electrons. The van der Waals surface area contributed by atoms with Crippen molar-refractivity contribution in [1.29, 1.82) is 5.26 Å². The van der Waals surface area contributed by atoms with Crippen LogP contribution >= 0.6 is 0 Å². The lowest BCUT2D eigenvalue weighted by atomic mass is 10.0. The number of anilines is 1. The maximum atomic E-state index is 12.3. The van der Waals surface area contributed by atoms with Crippen molar-refractivity contribution in [3.8, 4) is 6.07 Å². The van der Waals surface area contributed by atoms with Crippen LogP contribution in [0.15, 0.2) is 53.3 Å². The van der Waals surface area contributed by atoms with E-state index in [0.29, 0.717) is 22.2 Å².